The average Bonchev–Trinajstić information content (AvgIpc) is 2.94. The van der Waals surface area contributed by atoms with Crippen LogP contribution in [0.1, 0.15) is 24.5 Å². The number of aryl methyl sites for hydroxylation is 1. The Morgan fingerprint density at radius 1 is 1.28 bits per heavy atom. The molecule has 0 aliphatic carbocycles. The van der Waals surface area contributed by atoms with E-state index < -0.39 is 0 Å². The summed E-state index contributed by atoms with van der Waals surface area (Å²) in [5.74, 6) is 0.0117. The molecule has 0 unspecified atom stereocenters. The van der Waals surface area contributed by atoms with Crippen LogP contribution in [0.15, 0.2) is 48.8 Å². The van der Waals surface area contributed by atoms with Gasteiger partial charge in [-0.25, -0.2) is 4.98 Å². The highest BCUT2D eigenvalue weighted by Crippen LogP contribution is 2.20. The Balaban J connectivity index is 1.60. The minimum absolute atomic E-state index is 0.0117. The van der Waals surface area contributed by atoms with E-state index in [1.54, 1.807) is 0 Å². The molecule has 0 spiro atoms. The Kier molecular flexibility index (Phi) is 5.71. The van der Waals surface area contributed by atoms with Gasteiger partial charge in [-0.15, -0.1) is 0 Å². The number of carbonyl (C=O) groups is 1. The normalized spacial score (nSPS) is 11.0. The lowest BCUT2D eigenvalue weighted by molar-refractivity contribution is -0.120. The Hall–Kier alpha value is -2.33. The van der Waals surface area contributed by atoms with Crippen LogP contribution in [0.2, 0.25) is 5.02 Å². The fourth-order valence-corrected chi connectivity index (χ4v) is 3.25. The first-order valence-electron chi connectivity index (χ1n) is 8.61. The molecule has 130 valence electrons. The van der Waals surface area contributed by atoms with E-state index in [0.29, 0.717) is 18.0 Å². The van der Waals surface area contributed by atoms with E-state index in [2.05, 4.69) is 34.1 Å². The number of hydrogen-bond acceptors (Lipinski definition) is 2. The van der Waals surface area contributed by atoms with Crippen LogP contribution in [0.25, 0.3) is 11.0 Å². The lowest BCUT2D eigenvalue weighted by Crippen LogP contribution is -2.27. The Morgan fingerprint density at radius 2 is 2.16 bits per heavy atom. The summed E-state index contributed by atoms with van der Waals surface area (Å²) in [5.41, 5.74) is 3.16. The third-order valence-corrected chi connectivity index (χ3v) is 4.39. The molecule has 0 radical (unpaired) electrons. The standard InChI is InChI=1S/C20H22ClN3O/c1-2-11-24-14-16(18-7-4-9-23-20(18)24)8-10-22-19(25)13-15-5-3-6-17(21)12-15/h3-7,9,12,14H,2,8,10-11,13H2,1H3,(H,22,25). The van der Waals surface area contributed by atoms with Gasteiger partial charge in [0.2, 0.25) is 5.91 Å². The molecule has 2 heterocycles. The summed E-state index contributed by atoms with van der Waals surface area (Å²) in [6.45, 7) is 3.72. The molecule has 0 saturated heterocycles. The molecule has 2 aromatic heterocycles. The molecule has 0 aliphatic rings. The lowest BCUT2D eigenvalue weighted by Gasteiger charge is -2.05. The van der Waals surface area contributed by atoms with Crippen molar-refractivity contribution in [3.05, 3.63) is 64.9 Å². The number of benzene rings is 1. The van der Waals surface area contributed by atoms with E-state index in [9.17, 15) is 4.79 Å². The van der Waals surface area contributed by atoms with Crippen LogP contribution >= 0.6 is 11.6 Å². The molecule has 3 rings (SSSR count). The first-order chi connectivity index (χ1) is 12.2. The van der Waals surface area contributed by atoms with Gasteiger partial charge in [-0.05, 0) is 48.2 Å². The van der Waals surface area contributed by atoms with E-state index in [4.69, 9.17) is 11.6 Å². The molecule has 5 heteroatoms. The number of hydrogen-bond donors (Lipinski definition) is 1. The van der Waals surface area contributed by atoms with E-state index in [1.165, 1.54) is 10.9 Å². The summed E-state index contributed by atoms with van der Waals surface area (Å²) in [7, 11) is 0. The molecule has 1 N–H and O–H groups in total. The van der Waals surface area contributed by atoms with Crippen molar-refractivity contribution in [2.24, 2.45) is 0 Å². The highest BCUT2D eigenvalue weighted by Gasteiger charge is 2.09. The van der Waals surface area contributed by atoms with Gasteiger partial charge in [-0.3, -0.25) is 4.79 Å². The number of nitrogens with zero attached hydrogens (tertiary/aromatic N) is 2. The van der Waals surface area contributed by atoms with Crippen molar-refractivity contribution in [2.45, 2.75) is 32.7 Å². The number of halogens is 1. The van der Waals surface area contributed by atoms with E-state index in [0.717, 1.165) is 30.6 Å². The van der Waals surface area contributed by atoms with Crippen molar-refractivity contribution < 1.29 is 4.79 Å². The van der Waals surface area contributed by atoms with E-state index >= 15 is 0 Å². The zero-order valence-corrected chi connectivity index (χ0v) is 15.1. The van der Waals surface area contributed by atoms with Crippen LogP contribution in [0.3, 0.4) is 0 Å². The predicted molar refractivity (Wildman–Crippen MR) is 102 cm³/mol. The number of fused-ring (bicyclic) bond motifs is 1. The van der Waals surface area contributed by atoms with Crippen molar-refractivity contribution in [2.75, 3.05) is 6.54 Å². The number of aromatic nitrogens is 2. The zero-order valence-electron chi connectivity index (χ0n) is 14.3. The summed E-state index contributed by atoms with van der Waals surface area (Å²) in [4.78, 5) is 16.6. The van der Waals surface area contributed by atoms with Gasteiger partial charge in [0.05, 0.1) is 6.42 Å². The molecule has 4 nitrogen and oxygen atoms in total. The first kappa shape index (κ1) is 17.5. The molecule has 25 heavy (non-hydrogen) atoms. The van der Waals surface area contributed by atoms with Crippen molar-refractivity contribution in [1.82, 2.24) is 14.9 Å². The Morgan fingerprint density at radius 3 is 2.96 bits per heavy atom. The van der Waals surface area contributed by atoms with Crippen molar-refractivity contribution in [3.63, 3.8) is 0 Å². The van der Waals surface area contributed by atoms with Crippen LogP contribution in [-0.4, -0.2) is 22.0 Å². The second-order valence-electron chi connectivity index (χ2n) is 6.13. The van der Waals surface area contributed by atoms with Crippen molar-refractivity contribution in [3.8, 4) is 0 Å². The fraction of sp³-hybridized carbons (Fsp3) is 0.300. The highest BCUT2D eigenvalue weighted by atomic mass is 35.5. The maximum Gasteiger partial charge on any atom is 0.224 e. The average molecular weight is 356 g/mol. The van der Waals surface area contributed by atoms with Gasteiger partial charge in [0.1, 0.15) is 5.65 Å². The predicted octanol–water partition coefficient (Wildman–Crippen LogP) is 4.00. The molecule has 0 atom stereocenters. The molecular weight excluding hydrogens is 334 g/mol. The van der Waals surface area contributed by atoms with Crippen molar-refractivity contribution in [1.29, 1.82) is 0 Å². The summed E-state index contributed by atoms with van der Waals surface area (Å²) in [5, 5.41) is 4.81. The summed E-state index contributed by atoms with van der Waals surface area (Å²) in [6.07, 6.45) is 6.19. The smallest absolute Gasteiger partial charge is 0.224 e. The number of rotatable bonds is 7. The van der Waals surface area contributed by atoms with Gasteiger partial charge >= 0.3 is 0 Å². The van der Waals surface area contributed by atoms with Crippen LogP contribution in [0.4, 0.5) is 0 Å². The van der Waals surface area contributed by atoms with E-state index in [-0.39, 0.29) is 5.91 Å². The number of nitrogens with one attached hydrogen (secondary N) is 1. The molecule has 1 amide bonds. The monoisotopic (exact) mass is 355 g/mol. The van der Waals surface area contributed by atoms with Gasteiger partial charge in [0.25, 0.3) is 0 Å². The SMILES string of the molecule is CCCn1cc(CCNC(=O)Cc2cccc(Cl)c2)c2cccnc21. The molecule has 0 aliphatic heterocycles. The van der Waals surface area contributed by atoms with Gasteiger partial charge in [-0.2, -0.15) is 0 Å². The topological polar surface area (TPSA) is 46.9 Å². The third-order valence-electron chi connectivity index (χ3n) is 4.15. The Labute approximate surface area is 152 Å². The summed E-state index contributed by atoms with van der Waals surface area (Å²) < 4.78 is 2.19. The summed E-state index contributed by atoms with van der Waals surface area (Å²) in [6, 6.07) is 11.5. The van der Waals surface area contributed by atoms with Crippen LogP contribution in [-0.2, 0) is 24.2 Å². The highest BCUT2D eigenvalue weighted by molar-refractivity contribution is 6.30. The first-order valence-corrected chi connectivity index (χ1v) is 8.99. The largest absolute Gasteiger partial charge is 0.355 e. The minimum atomic E-state index is 0.0117. The molecule has 1 aromatic carbocycles. The van der Waals surface area contributed by atoms with Crippen LogP contribution in [0, 0.1) is 0 Å². The number of pyridine rings is 1. The second kappa shape index (κ2) is 8.17. The fourth-order valence-electron chi connectivity index (χ4n) is 3.04. The maximum absolute atomic E-state index is 12.1. The third kappa shape index (κ3) is 4.40. The van der Waals surface area contributed by atoms with Gasteiger partial charge in [0.15, 0.2) is 0 Å². The van der Waals surface area contributed by atoms with Crippen molar-refractivity contribution >= 4 is 28.5 Å². The molecule has 0 bridgehead atoms. The maximum atomic E-state index is 12.1. The molecule has 0 fully saturated rings. The number of carbonyl (C=O) groups excluding carboxylic acids is 1. The van der Waals surface area contributed by atoms with Crippen LogP contribution < -0.4 is 5.32 Å². The van der Waals surface area contributed by atoms with E-state index in [1.807, 2.05) is 36.5 Å². The quantitative estimate of drug-likeness (QED) is 0.696. The zero-order chi connectivity index (χ0) is 17.6. The van der Waals surface area contributed by atoms with Crippen LogP contribution in [0.5, 0.6) is 0 Å². The number of amides is 1. The molecular formula is C20H22ClN3O. The molecule has 3 aromatic rings. The summed E-state index contributed by atoms with van der Waals surface area (Å²) >= 11 is 5.96. The Bertz CT molecular complexity index is 872. The lowest BCUT2D eigenvalue weighted by atomic mass is 10.1. The second-order valence-corrected chi connectivity index (χ2v) is 6.57. The van der Waals surface area contributed by atoms with Gasteiger partial charge < -0.3 is 9.88 Å². The van der Waals surface area contributed by atoms with Gasteiger partial charge in [-0.1, -0.05) is 30.7 Å². The minimum Gasteiger partial charge on any atom is -0.355 e. The van der Waals surface area contributed by atoms with Gasteiger partial charge in [0, 0.05) is 35.9 Å². The molecule has 0 saturated carbocycles.